The van der Waals surface area contributed by atoms with E-state index in [1.807, 2.05) is 13.8 Å². The van der Waals surface area contributed by atoms with Gasteiger partial charge in [0, 0.05) is 18.6 Å². The molecule has 1 aliphatic heterocycles. The second-order valence-corrected chi connectivity index (χ2v) is 5.22. The fourth-order valence-corrected chi connectivity index (χ4v) is 2.23. The van der Waals surface area contributed by atoms with Crippen LogP contribution in [0.4, 0.5) is 0 Å². The maximum absolute atomic E-state index is 11.6. The maximum Gasteiger partial charge on any atom is 0.234 e. The van der Waals surface area contributed by atoms with Gasteiger partial charge in [0.15, 0.2) is 0 Å². The van der Waals surface area contributed by atoms with Gasteiger partial charge in [0.05, 0.1) is 6.54 Å². The van der Waals surface area contributed by atoms with Crippen molar-refractivity contribution in [1.82, 2.24) is 10.2 Å². The Morgan fingerprint density at radius 3 is 2.75 bits per heavy atom. The van der Waals surface area contributed by atoms with Gasteiger partial charge in [0.1, 0.15) is 0 Å². The first-order valence-corrected chi connectivity index (χ1v) is 6.26. The summed E-state index contributed by atoms with van der Waals surface area (Å²) in [5.41, 5.74) is 5.91. The average Bonchev–Trinajstić information content (AvgIpc) is 2.16. The Hall–Kier alpha value is -0.610. The van der Waals surface area contributed by atoms with Crippen molar-refractivity contribution in [3.63, 3.8) is 0 Å². The number of hydrogen-bond donors (Lipinski definition) is 2. The third kappa shape index (κ3) is 4.49. The van der Waals surface area contributed by atoms with Crippen LogP contribution >= 0.6 is 0 Å². The molecule has 1 aliphatic rings. The first kappa shape index (κ1) is 13.5. The summed E-state index contributed by atoms with van der Waals surface area (Å²) in [4.78, 5) is 13.8. The Labute approximate surface area is 98.6 Å². The summed E-state index contributed by atoms with van der Waals surface area (Å²) >= 11 is 0. The van der Waals surface area contributed by atoms with E-state index in [2.05, 4.69) is 17.1 Å². The molecule has 1 saturated heterocycles. The number of piperidine rings is 1. The fourth-order valence-electron chi connectivity index (χ4n) is 2.23. The van der Waals surface area contributed by atoms with Crippen LogP contribution in [-0.2, 0) is 4.79 Å². The summed E-state index contributed by atoms with van der Waals surface area (Å²) in [6, 6.07) is 0.456. The summed E-state index contributed by atoms with van der Waals surface area (Å²) in [5, 5.41) is 2.92. The van der Waals surface area contributed by atoms with Crippen molar-refractivity contribution in [2.45, 2.75) is 45.7 Å². The Morgan fingerprint density at radius 1 is 1.50 bits per heavy atom. The van der Waals surface area contributed by atoms with E-state index in [0.29, 0.717) is 12.5 Å². The number of nitrogens with two attached hydrogens (primary N) is 1. The SMILES string of the molecule is CC(C)NC(=O)CN1CCCC(C(C)N)C1. The van der Waals surface area contributed by atoms with E-state index in [1.165, 1.54) is 6.42 Å². The van der Waals surface area contributed by atoms with Crippen LogP contribution in [0.15, 0.2) is 0 Å². The van der Waals surface area contributed by atoms with Gasteiger partial charge in [0.2, 0.25) is 5.91 Å². The number of carbonyl (C=O) groups is 1. The average molecular weight is 227 g/mol. The third-order valence-corrected chi connectivity index (χ3v) is 3.10. The summed E-state index contributed by atoms with van der Waals surface area (Å²) in [6.07, 6.45) is 2.35. The van der Waals surface area contributed by atoms with E-state index in [-0.39, 0.29) is 18.0 Å². The molecule has 0 saturated carbocycles. The number of nitrogens with zero attached hydrogens (tertiary/aromatic N) is 1. The second-order valence-electron chi connectivity index (χ2n) is 5.22. The molecule has 94 valence electrons. The third-order valence-electron chi connectivity index (χ3n) is 3.10. The lowest BCUT2D eigenvalue weighted by Gasteiger charge is -2.34. The second kappa shape index (κ2) is 6.21. The fraction of sp³-hybridized carbons (Fsp3) is 0.917. The lowest BCUT2D eigenvalue weighted by Crippen LogP contribution is -2.47. The molecule has 3 N–H and O–H groups in total. The molecule has 0 radical (unpaired) electrons. The molecule has 0 aromatic heterocycles. The van der Waals surface area contributed by atoms with E-state index >= 15 is 0 Å². The largest absolute Gasteiger partial charge is 0.353 e. The first-order chi connectivity index (χ1) is 7.49. The van der Waals surface area contributed by atoms with Crippen LogP contribution in [-0.4, -0.2) is 42.5 Å². The zero-order chi connectivity index (χ0) is 12.1. The van der Waals surface area contributed by atoms with Crippen molar-refractivity contribution in [2.24, 2.45) is 11.7 Å². The standard InChI is InChI=1S/C12H25N3O/c1-9(2)14-12(16)8-15-6-4-5-11(7-15)10(3)13/h9-11H,4-8,13H2,1-3H3,(H,14,16). The number of likely N-dealkylation sites (tertiary alicyclic amines) is 1. The van der Waals surface area contributed by atoms with Crippen molar-refractivity contribution >= 4 is 5.91 Å². The van der Waals surface area contributed by atoms with Gasteiger partial charge in [-0.1, -0.05) is 0 Å². The minimum atomic E-state index is 0.125. The number of amides is 1. The van der Waals surface area contributed by atoms with E-state index in [0.717, 1.165) is 19.5 Å². The van der Waals surface area contributed by atoms with Gasteiger partial charge < -0.3 is 11.1 Å². The Balaban J connectivity index is 2.34. The molecule has 4 nitrogen and oxygen atoms in total. The van der Waals surface area contributed by atoms with Crippen molar-refractivity contribution in [3.05, 3.63) is 0 Å². The van der Waals surface area contributed by atoms with Crippen LogP contribution in [0.25, 0.3) is 0 Å². The molecule has 1 fully saturated rings. The van der Waals surface area contributed by atoms with E-state index < -0.39 is 0 Å². The number of rotatable bonds is 4. The zero-order valence-corrected chi connectivity index (χ0v) is 10.7. The molecule has 0 bridgehead atoms. The summed E-state index contributed by atoms with van der Waals surface area (Å²) in [6.45, 7) is 8.53. The Morgan fingerprint density at radius 2 is 2.19 bits per heavy atom. The number of hydrogen-bond acceptors (Lipinski definition) is 3. The molecule has 0 spiro atoms. The summed E-state index contributed by atoms with van der Waals surface area (Å²) < 4.78 is 0. The van der Waals surface area contributed by atoms with E-state index in [4.69, 9.17) is 5.73 Å². The molecule has 1 rings (SSSR count). The monoisotopic (exact) mass is 227 g/mol. The lowest BCUT2D eigenvalue weighted by molar-refractivity contribution is -0.123. The molecule has 0 aromatic rings. The van der Waals surface area contributed by atoms with E-state index in [9.17, 15) is 4.79 Å². The highest BCUT2D eigenvalue weighted by Gasteiger charge is 2.23. The summed E-state index contributed by atoms with van der Waals surface area (Å²) in [7, 11) is 0. The molecule has 2 atom stereocenters. The molecular formula is C12H25N3O. The predicted molar refractivity (Wildman–Crippen MR) is 66.1 cm³/mol. The lowest BCUT2D eigenvalue weighted by atomic mass is 9.92. The molecule has 4 heteroatoms. The zero-order valence-electron chi connectivity index (χ0n) is 10.7. The Kier molecular flexibility index (Phi) is 5.22. The highest BCUT2D eigenvalue weighted by molar-refractivity contribution is 5.78. The number of carbonyl (C=O) groups excluding carboxylic acids is 1. The minimum absolute atomic E-state index is 0.125. The molecule has 0 aromatic carbocycles. The molecule has 0 aliphatic carbocycles. The van der Waals surface area contributed by atoms with Crippen molar-refractivity contribution < 1.29 is 4.79 Å². The topological polar surface area (TPSA) is 58.4 Å². The highest BCUT2D eigenvalue weighted by atomic mass is 16.2. The van der Waals surface area contributed by atoms with Crippen molar-refractivity contribution in [1.29, 1.82) is 0 Å². The van der Waals surface area contributed by atoms with Crippen molar-refractivity contribution in [3.8, 4) is 0 Å². The normalized spacial score (nSPS) is 24.4. The van der Waals surface area contributed by atoms with Crippen LogP contribution in [0.1, 0.15) is 33.6 Å². The van der Waals surface area contributed by atoms with Crippen LogP contribution in [0.5, 0.6) is 0 Å². The minimum Gasteiger partial charge on any atom is -0.353 e. The van der Waals surface area contributed by atoms with Crippen LogP contribution < -0.4 is 11.1 Å². The first-order valence-electron chi connectivity index (χ1n) is 6.26. The van der Waals surface area contributed by atoms with Crippen molar-refractivity contribution in [2.75, 3.05) is 19.6 Å². The van der Waals surface area contributed by atoms with Crippen LogP contribution in [0.3, 0.4) is 0 Å². The van der Waals surface area contributed by atoms with Crippen LogP contribution in [0.2, 0.25) is 0 Å². The Bertz CT molecular complexity index is 228. The van der Waals surface area contributed by atoms with E-state index in [1.54, 1.807) is 0 Å². The smallest absolute Gasteiger partial charge is 0.234 e. The molecule has 16 heavy (non-hydrogen) atoms. The van der Waals surface area contributed by atoms with Gasteiger partial charge in [-0.05, 0) is 46.1 Å². The molecular weight excluding hydrogens is 202 g/mol. The highest BCUT2D eigenvalue weighted by Crippen LogP contribution is 2.18. The van der Waals surface area contributed by atoms with Gasteiger partial charge in [-0.2, -0.15) is 0 Å². The van der Waals surface area contributed by atoms with Gasteiger partial charge in [-0.15, -0.1) is 0 Å². The van der Waals surface area contributed by atoms with Crippen LogP contribution in [0, 0.1) is 5.92 Å². The summed E-state index contributed by atoms with van der Waals surface area (Å²) in [5.74, 6) is 0.668. The maximum atomic E-state index is 11.6. The van der Waals surface area contributed by atoms with Gasteiger partial charge in [-0.3, -0.25) is 9.69 Å². The van der Waals surface area contributed by atoms with Gasteiger partial charge in [-0.25, -0.2) is 0 Å². The predicted octanol–water partition coefficient (Wildman–Crippen LogP) is 0.570. The van der Waals surface area contributed by atoms with Gasteiger partial charge >= 0.3 is 0 Å². The number of nitrogens with one attached hydrogen (secondary N) is 1. The molecule has 1 amide bonds. The van der Waals surface area contributed by atoms with Gasteiger partial charge in [0.25, 0.3) is 0 Å². The molecule has 2 unspecified atom stereocenters. The quantitative estimate of drug-likeness (QED) is 0.738. The molecule has 1 heterocycles.